The van der Waals surface area contributed by atoms with Crippen LogP contribution in [0.1, 0.15) is 65.1 Å². The molecular formula is C17H30N4. The second kappa shape index (κ2) is 7.62. The number of hydrogen-bond acceptors (Lipinski definition) is 4. The molecule has 4 heteroatoms. The largest absolute Gasteiger partial charge is 0.370 e. The van der Waals surface area contributed by atoms with E-state index in [1.54, 1.807) is 0 Å². The van der Waals surface area contributed by atoms with Crippen LogP contribution in [0.2, 0.25) is 0 Å². The van der Waals surface area contributed by atoms with Crippen molar-refractivity contribution in [3.63, 3.8) is 0 Å². The van der Waals surface area contributed by atoms with Gasteiger partial charge in [0.2, 0.25) is 0 Å². The summed E-state index contributed by atoms with van der Waals surface area (Å²) in [5.41, 5.74) is 0.423. The van der Waals surface area contributed by atoms with Crippen LogP contribution < -0.4 is 10.6 Å². The number of nitrogens with zero attached hydrogens (tertiary/aromatic N) is 2. The van der Waals surface area contributed by atoms with Crippen molar-refractivity contribution >= 4 is 11.6 Å². The molecule has 21 heavy (non-hydrogen) atoms. The van der Waals surface area contributed by atoms with Gasteiger partial charge in [0, 0.05) is 25.6 Å². The van der Waals surface area contributed by atoms with E-state index in [0.717, 1.165) is 43.4 Å². The molecule has 0 amide bonds. The third kappa shape index (κ3) is 4.87. The molecule has 2 N–H and O–H groups in total. The molecule has 1 fully saturated rings. The lowest BCUT2D eigenvalue weighted by atomic mass is 9.76. The van der Waals surface area contributed by atoms with E-state index in [2.05, 4.69) is 41.4 Å². The van der Waals surface area contributed by atoms with Crippen molar-refractivity contribution in [2.45, 2.75) is 65.7 Å². The monoisotopic (exact) mass is 290 g/mol. The minimum Gasteiger partial charge on any atom is -0.370 e. The Kier molecular flexibility index (Phi) is 5.83. The first-order valence-electron chi connectivity index (χ1n) is 8.51. The third-order valence-corrected chi connectivity index (χ3v) is 4.36. The smallest absolute Gasteiger partial charge is 0.133 e. The van der Waals surface area contributed by atoms with Crippen molar-refractivity contribution in [1.82, 2.24) is 9.97 Å². The van der Waals surface area contributed by atoms with E-state index in [4.69, 9.17) is 0 Å². The summed E-state index contributed by atoms with van der Waals surface area (Å²) in [6, 6.07) is 2.04. The first-order valence-corrected chi connectivity index (χ1v) is 8.51. The van der Waals surface area contributed by atoms with Crippen LogP contribution in [-0.2, 0) is 6.42 Å². The van der Waals surface area contributed by atoms with E-state index < -0.39 is 0 Å². The zero-order valence-corrected chi connectivity index (χ0v) is 13.8. The molecule has 1 aromatic rings. The fraction of sp³-hybridized carbons (Fsp3) is 0.765. The van der Waals surface area contributed by atoms with Gasteiger partial charge in [0.05, 0.1) is 0 Å². The number of hydrogen-bond donors (Lipinski definition) is 2. The van der Waals surface area contributed by atoms with Crippen molar-refractivity contribution in [2.75, 3.05) is 23.7 Å². The SMILES string of the molecule is CCCc1nc(NCC)cc(NCC2(C)CCCCC2)n1. The average molecular weight is 290 g/mol. The van der Waals surface area contributed by atoms with Crippen molar-refractivity contribution in [3.8, 4) is 0 Å². The minimum atomic E-state index is 0.423. The van der Waals surface area contributed by atoms with Crippen molar-refractivity contribution in [1.29, 1.82) is 0 Å². The Hall–Kier alpha value is -1.32. The van der Waals surface area contributed by atoms with Gasteiger partial charge in [-0.25, -0.2) is 9.97 Å². The first kappa shape index (κ1) is 16.1. The summed E-state index contributed by atoms with van der Waals surface area (Å²) in [7, 11) is 0. The van der Waals surface area contributed by atoms with E-state index in [1.807, 2.05) is 6.07 Å². The highest BCUT2D eigenvalue weighted by molar-refractivity contribution is 5.47. The molecule has 4 nitrogen and oxygen atoms in total. The molecule has 2 rings (SSSR count). The number of aryl methyl sites for hydroxylation is 1. The average Bonchev–Trinajstić information content (AvgIpc) is 2.47. The van der Waals surface area contributed by atoms with E-state index in [1.165, 1.54) is 32.1 Å². The molecule has 0 saturated heterocycles. The zero-order chi connectivity index (χ0) is 15.1. The molecule has 0 aromatic carbocycles. The van der Waals surface area contributed by atoms with Crippen LogP contribution in [0.3, 0.4) is 0 Å². The standard InChI is InChI=1S/C17H30N4/c1-4-9-14-20-15(18-5-2)12-16(21-14)19-13-17(3)10-7-6-8-11-17/h12H,4-11,13H2,1-3H3,(H2,18,19,20,21). The summed E-state index contributed by atoms with van der Waals surface area (Å²) >= 11 is 0. The minimum absolute atomic E-state index is 0.423. The van der Waals surface area contributed by atoms with Gasteiger partial charge >= 0.3 is 0 Å². The van der Waals surface area contributed by atoms with Crippen LogP contribution >= 0.6 is 0 Å². The highest BCUT2D eigenvalue weighted by Gasteiger charge is 2.26. The maximum absolute atomic E-state index is 4.66. The number of anilines is 2. The summed E-state index contributed by atoms with van der Waals surface area (Å²) in [5.74, 6) is 2.84. The van der Waals surface area contributed by atoms with Crippen LogP contribution in [0.5, 0.6) is 0 Å². The van der Waals surface area contributed by atoms with E-state index in [-0.39, 0.29) is 0 Å². The van der Waals surface area contributed by atoms with E-state index in [0.29, 0.717) is 5.41 Å². The molecule has 1 aliphatic carbocycles. The first-order chi connectivity index (χ1) is 10.1. The number of nitrogens with one attached hydrogen (secondary N) is 2. The molecule has 118 valence electrons. The molecule has 1 aliphatic rings. The summed E-state index contributed by atoms with van der Waals surface area (Å²) < 4.78 is 0. The molecule has 0 spiro atoms. The lowest BCUT2D eigenvalue weighted by molar-refractivity contribution is 0.233. The van der Waals surface area contributed by atoms with Gasteiger partial charge < -0.3 is 10.6 Å². The van der Waals surface area contributed by atoms with Gasteiger partial charge in [-0.2, -0.15) is 0 Å². The predicted octanol–water partition coefficient (Wildman–Crippen LogP) is 4.24. The number of aromatic nitrogens is 2. The normalized spacial score (nSPS) is 17.5. The summed E-state index contributed by atoms with van der Waals surface area (Å²) in [6.45, 7) is 8.57. The molecule has 0 atom stereocenters. The fourth-order valence-electron chi connectivity index (χ4n) is 3.08. The Morgan fingerprint density at radius 1 is 1.05 bits per heavy atom. The van der Waals surface area contributed by atoms with Crippen LogP contribution in [0.25, 0.3) is 0 Å². The highest BCUT2D eigenvalue weighted by Crippen LogP contribution is 2.35. The van der Waals surface area contributed by atoms with Gasteiger partial charge in [0.15, 0.2) is 0 Å². The molecule has 0 aliphatic heterocycles. The Morgan fingerprint density at radius 3 is 2.33 bits per heavy atom. The quantitative estimate of drug-likeness (QED) is 0.788. The van der Waals surface area contributed by atoms with Crippen LogP contribution in [0.15, 0.2) is 6.07 Å². The Bertz CT molecular complexity index is 414. The summed E-state index contributed by atoms with van der Waals surface area (Å²) in [4.78, 5) is 9.22. The highest BCUT2D eigenvalue weighted by atomic mass is 15.1. The van der Waals surface area contributed by atoms with Gasteiger partial charge in [-0.1, -0.05) is 33.1 Å². The molecule has 1 saturated carbocycles. The Labute approximate surface area is 129 Å². The molecular weight excluding hydrogens is 260 g/mol. The van der Waals surface area contributed by atoms with E-state index >= 15 is 0 Å². The fourth-order valence-corrected chi connectivity index (χ4v) is 3.08. The second-order valence-corrected chi connectivity index (χ2v) is 6.56. The lowest BCUT2D eigenvalue weighted by Crippen LogP contribution is -2.29. The molecule has 0 radical (unpaired) electrons. The van der Waals surface area contributed by atoms with Crippen LogP contribution in [-0.4, -0.2) is 23.1 Å². The van der Waals surface area contributed by atoms with Gasteiger partial charge in [-0.15, -0.1) is 0 Å². The maximum Gasteiger partial charge on any atom is 0.133 e. The maximum atomic E-state index is 4.66. The Morgan fingerprint density at radius 2 is 1.71 bits per heavy atom. The van der Waals surface area contributed by atoms with Crippen LogP contribution in [0, 0.1) is 5.41 Å². The summed E-state index contributed by atoms with van der Waals surface area (Å²) in [6.07, 6.45) is 8.80. The Balaban J connectivity index is 2.03. The van der Waals surface area contributed by atoms with Crippen molar-refractivity contribution < 1.29 is 0 Å². The zero-order valence-electron chi connectivity index (χ0n) is 13.8. The third-order valence-electron chi connectivity index (χ3n) is 4.36. The van der Waals surface area contributed by atoms with Crippen molar-refractivity contribution in [2.24, 2.45) is 5.41 Å². The predicted molar refractivity (Wildman–Crippen MR) is 89.9 cm³/mol. The number of rotatable bonds is 7. The van der Waals surface area contributed by atoms with Gasteiger partial charge in [0.1, 0.15) is 17.5 Å². The molecule has 0 bridgehead atoms. The molecule has 1 aromatic heterocycles. The lowest BCUT2D eigenvalue weighted by Gasteiger charge is -2.33. The second-order valence-electron chi connectivity index (χ2n) is 6.56. The van der Waals surface area contributed by atoms with Crippen molar-refractivity contribution in [3.05, 3.63) is 11.9 Å². The van der Waals surface area contributed by atoms with Gasteiger partial charge in [0.25, 0.3) is 0 Å². The van der Waals surface area contributed by atoms with E-state index in [9.17, 15) is 0 Å². The van der Waals surface area contributed by atoms with Gasteiger partial charge in [-0.05, 0) is 31.6 Å². The van der Waals surface area contributed by atoms with Crippen LogP contribution in [0.4, 0.5) is 11.6 Å². The summed E-state index contributed by atoms with van der Waals surface area (Å²) in [5, 5.41) is 6.86. The molecule has 0 unspecified atom stereocenters. The topological polar surface area (TPSA) is 49.8 Å². The van der Waals surface area contributed by atoms with Gasteiger partial charge in [-0.3, -0.25) is 0 Å². The molecule has 1 heterocycles.